The Morgan fingerprint density at radius 2 is 1.94 bits per heavy atom. The zero-order valence-corrected chi connectivity index (χ0v) is 18.6. The third-order valence-corrected chi connectivity index (χ3v) is 5.63. The average molecular weight is 444 g/mol. The van der Waals surface area contributed by atoms with Crippen molar-refractivity contribution in [2.45, 2.75) is 26.3 Å². The highest BCUT2D eigenvalue weighted by Gasteiger charge is 2.15. The Balaban J connectivity index is 1.91. The van der Waals surface area contributed by atoms with Gasteiger partial charge in [-0.15, -0.1) is 6.42 Å². The Bertz CT molecular complexity index is 1370. The molecule has 0 fully saturated rings. The van der Waals surface area contributed by atoms with Crippen LogP contribution in [0.2, 0.25) is 5.15 Å². The highest BCUT2D eigenvalue weighted by atomic mass is 35.5. The summed E-state index contributed by atoms with van der Waals surface area (Å²) < 4.78 is 7.22. The van der Waals surface area contributed by atoms with E-state index >= 15 is 0 Å². The lowest BCUT2D eigenvalue weighted by molar-refractivity contribution is 0.371. The third kappa shape index (κ3) is 4.37. The van der Waals surface area contributed by atoms with Crippen molar-refractivity contribution in [2.75, 3.05) is 6.61 Å². The molecular weight excluding hydrogens is 422 g/mol. The van der Waals surface area contributed by atoms with Crippen molar-refractivity contribution in [1.82, 2.24) is 14.5 Å². The molecule has 2 heterocycles. The second kappa shape index (κ2) is 9.25. The van der Waals surface area contributed by atoms with Crippen LogP contribution in [0.1, 0.15) is 30.9 Å². The van der Waals surface area contributed by atoms with Crippen molar-refractivity contribution in [3.05, 3.63) is 87.6 Å². The molecule has 32 heavy (non-hydrogen) atoms. The molecule has 0 aliphatic carbocycles. The Morgan fingerprint density at radius 3 is 2.62 bits per heavy atom. The number of rotatable bonds is 6. The van der Waals surface area contributed by atoms with Gasteiger partial charge in [-0.3, -0.25) is 4.57 Å². The van der Waals surface area contributed by atoms with E-state index in [-0.39, 0.29) is 18.8 Å². The summed E-state index contributed by atoms with van der Waals surface area (Å²) in [5, 5.41) is 1.14. The summed E-state index contributed by atoms with van der Waals surface area (Å²) in [4.78, 5) is 21.7. The van der Waals surface area contributed by atoms with Crippen LogP contribution in [0, 0.1) is 12.3 Å². The van der Waals surface area contributed by atoms with Crippen LogP contribution < -0.4 is 10.4 Å². The van der Waals surface area contributed by atoms with E-state index in [2.05, 4.69) is 41.9 Å². The van der Waals surface area contributed by atoms with E-state index in [0.717, 1.165) is 22.0 Å². The normalized spacial score (nSPS) is 11.0. The quantitative estimate of drug-likeness (QED) is 0.300. The molecule has 6 heteroatoms. The van der Waals surface area contributed by atoms with Gasteiger partial charge in [0.1, 0.15) is 17.5 Å². The highest BCUT2D eigenvalue weighted by Crippen LogP contribution is 2.30. The Kier molecular flexibility index (Phi) is 6.25. The van der Waals surface area contributed by atoms with Crippen molar-refractivity contribution in [2.24, 2.45) is 0 Å². The van der Waals surface area contributed by atoms with E-state index in [9.17, 15) is 4.79 Å². The highest BCUT2D eigenvalue weighted by molar-refractivity contribution is 6.30. The molecule has 4 aromatic rings. The van der Waals surface area contributed by atoms with E-state index in [1.165, 1.54) is 5.56 Å². The van der Waals surface area contributed by atoms with Crippen LogP contribution in [0.25, 0.3) is 22.2 Å². The van der Waals surface area contributed by atoms with Gasteiger partial charge in [0.2, 0.25) is 0 Å². The molecule has 0 atom stereocenters. The number of pyridine rings is 1. The number of benzene rings is 2. The summed E-state index contributed by atoms with van der Waals surface area (Å²) in [7, 11) is 0. The van der Waals surface area contributed by atoms with Crippen molar-refractivity contribution >= 4 is 22.5 Å². The van der Waals surface area contributed by atoms with Gasteiger partial charge in [0.15, 0.2) is 0 Å². The standard InChI is InChI=1S/C26H22ClN3O2/c1-4-14-32-21-11-12-23-22(15-21)24(19-9-7-18(8-10-19)17(2)3)29-26(31)30(23)16-20-6-5-13-28-25(20)27/h1,5-13,15,17H,14,16H2,2-3H3. The number of fused-ring (bicyclic) bond motifs is 1. The zero-order chi connectivity index (χ0) is 22.7. The van der Waals surface area contributed by atoms with Gasteiger partial charge in [-0.1, -0.05) is 61.7 Å². The molecule has 0 aliphatic heterocycles. The number of hydrogen-bond donors (Lipinski definition) is 0. The molecule has 0 bridgehead atoms. The van der Waals surface area contributed by atoms with Gasteiger partial charge in [0.05, 0.1) is 17.8 Å². The minimum absolute atomic E-state index is 0.155. The molecule has 0 N–H and O–H groups in total. The Hall–Kier alpha value is -3.62. The Labute approximate surface area is 191 Å². The largest absolute Gasteiger partial charge is 0.481 e. The third-order valence-electron chi connectivity index (χ3n) is 5.29. The predicted molar refractivity (Wildman–Crippen MR) is 128 cm³/mol. The van der Waals surface area contributed by atoms with Crippen molar-refractivity contribution < 1.29 is 4.74 Å². The molecule has 0 radical (unpaired) electrons. The first-order chi connectivity index (χ1) is 15.5. The second-order valence-electron chi connectivity index (χ2n) is 7.73. The number of aromatic nitrogens is 3. The summed E-state index contributed by atoms with van der Waals surface area (Å²) in [6.45, 7) is 4.69. The lowest BCUT2D eigenvalue weighted by Crippen LogP contribution is -2.25. The van der Waals surface area contributed by atoms with Crippen LogP contribution in [0.4, 0.5) is 0 Å². The van der Waals surface area contributed by atoms with Crippen LogP contribution in [-0.2, 0) is 6.54 Å². The van der Waals surface area contributed by atoms with Crippen LogP contribution >= 0.6 is 11.6 Å². The number of nitrogens with zero attached hydrogens (tertiary/aromatic N) is 3. The van der Waals surface area contributed by atoms with Crippen molar-refractivity contribution in [1.29, 1.82) is 0 Å². The van der Waals surface area contributed by atoms with Crippen molar-refractivity contribution in [3.8, 4) is 29.4 Å². The van der Waals surface area contributed by atoms with Gasteiger partial charge in [0, 0.05) is 22.7 Å². The fraction of sp³-hybridized carbons (Fsp3) is 0.192. The van der Waals surface area contributed by atoms with Gasteiger partial charge >= 0.3 is 5.69 Å². The van der Waals surface area contributed by atoms with Gasteiger partial charge in [0.25, 0.3) is 0 Å². The SMILES string of the molecule is C#CCOc1ccc2c(c1)c(-c1ccc(C(C)C)cc1)nc(=O)n2Cc1cccnc1Cl. The molecule has 0 saturated heterocycles. The number of ether oxygens (including phenoxy) is 1. The van der Waals surface area contributed by atoms with Crippen molar-refractivity contribution in [3.63, 3.8) is 0 Å². The molecule has 2 aromatic heterocycles. The maximum atomic E-state index is 13.1. The molecule has 2 aromatic carbocycles. The van der Waals surface area contributed by atoms with E-state index in [4.69, 9.17) is 22.8 Å². The van der Waals surface area contributed by atoms with Gasteiger partial charge in [-0.05, 0) is 35.7 Å². The molecule has 4 rings (SSSR count). The van der Waals surface area contributed by atoms with Crippen LogP contribution in [0.15, 0.2) is 65.6 Å². The van der Waals surface area contributed by atoms with E-state index in [1.807, 2.05) is 30.3 Å². The first-order valence-electron chi connectivity index (χ1n) is 10.3. The first kappa shape index (κ1) is 21.6. The summed E-state index contributed by atoms with van der Waals surface area (Å²) in [5.74, 6) is 3.50. The molecule has 5 nitrogen and oxygen atoms in total. The fourth-order valence-corrected chi connectivity index (χ4v) is 3.76. The lowest BCUT2D eigenvalue weighted by Gasteiger charge is -2.15. The van der Waals surface area contributed by atoms with Gasteiger partial charge in [-0.25, -0.2) is 9.78 Å². The summed E-state index contributed by atoms with van der Waals surface area (Å²) >= 11 is 6.24. The minimum Gasteiger partial charge on any atom is -0.481 e. The Morgan fingerprint density at radius 1 is 1.16 bits per heavy atom. The van der Waals surface area contributed by atoms with Crippen LogP contribution in [0.5, 0.6) is 5.75 Å². The number of terminal acetylenes is 1. The second-order valence-corrected chi connectivity index (χ2v) is 8.09. The molecular formula is C26H22ClN3O2. The maximum Gasteiger partial charge on any atom is 0.348 e. The topological polar surface area (TPSA) is 57.0 Å². The van der Waals surface area contributed by atoms with Crippen LogP contribution in [-0.4, -0.2) is 21.1 Å². The minimum atomic E-state index is -0.363. The zero-order valence-electron chi connectivity index (χ0n) is 17.9. The molecule has 160 valence electrons. The fourth-order valence-electron chi connectivity index (χ4n) is 3.58. The lowest BCUT2D eigenvalue weighted by atomic mass is 9.99. The average Bonchev–Trinajstić information content (AvgIpc) is 2.80. The number of halogens is 1. The predicted octanol–water partition coefficient (Wildman–Crippen LogP) is 5.30. The summed E-state index contributed by atoms with van der Waals surface area (Å²) in [6.07, 6.45) is 6.96. The molecule has 0 spiro atoms. The van der Waals surface area contributed by atoms with E-state index < -0.39 is 0 Å². The van der Waals surface area contributed by atoms with E-state index in [0.29, 0.717) is 22.5 Å². The van der Waals surface area contributed by atoms with Gasteiger partial charge < -0.3 is 4.74 Å². The first-order valence-corrected chi connectivity index (χ1v) is 10.7. The molecule has 0 saturated carbocycles. The summed E-state index contributed by atoms with van der Waals surface area (Å²) in [5.41, 5.74) is 3.77. The smallest absolute Gasteiger partial charge is 0.348 e. The van der Waals surface area contributed by atoms with Gasteiger partial charge in [-0.2, -0.15) is 4.98 Å². The maximum absolute atomic E-state index is 13.1. The summed E-state index contributed by atoms with van der Waals surface area (Å²) in [6, 6.07) is 17.3. The number of hydrogen-bond acceptors (Lipinski definition) is 4. The molecule has 0 unspecified atom stereocenters. The van der Waals surface area contributed by atoms with E-state index in [1.54, 1.807) is 22.9 Å². The molecule has 0 aliphatic rings. The monoisotopic (exact) mass is 443 g/mol. The van der Waals surface area contributed by atoms with Crippen LogP contribution in [0.3, 0.4) is 0 Å². The molecule has 0 amide bonds.